The van der Waals surface area contributed by atoms with E-state index in [9.17, 15) is 0 Å². The Morgan fingerprint density at radius 3 is 2.62 bits per heavy atom. The number of allylic oxidation sites excluding steroid dienone is 11. The minimum atomic E-state index is 0.0824. The van der Waals surface area contributed by atoms with Gasteiger partial charge in [-0.05, 0) is 61.5 Å². The zero-order chi connectivity index (χ0) is 21.2. The predicted molar refractivity (Wildman–Crippen MR) is 115 cm³/mol. The molecular weight excluding hydrogens is 358 g/mol. The molecule has 3 heterocycles. The first-order valence-corrected chi connectivity index (χ1v) is 9.93. The van der Waals surface area contributed by atoms with Crippen molar-refractivity contribution in [3.63, 3.8) is 0 Å². The van der Waals surface area contributed by atoms with E-state index in [0.29, 0.717) is 23.1 Å². The number of hydrogen-bond donors (Lipinski definition) is 0. The second-order valence-corrected chi connectivity index (χ2v) is 8.42. The summed E-state index contributed by atoms with van der Waals surface area (Å²) < 4.78 is 5.70. The highest BCUT2D eigenvalue weighted by Crippen LogP contribution is 2.46. The highest BCUT2D eigenvalue weighted by molar-refractivity contribution is 5.53. The maximum atomic E-state index is 9.10. The van der Waals surface area contributed by atoms with Gasteiger partial charge in [-0.15, -0.1) is 0 Å². The van der Waals surface area contributed by atoms with Crippen LogP contribution in [-0.2, 0) is 4.74 Å². The summed E-state index contributed by atoms with van der Waals surface area (Å²) >= 11 is 0. The van der Waals surface area contributed by atoms with Crippen LogP contribution in [0.5, 0.6) is 0 Å². The summed E-state index contributed by atoms with van der Waals surface area (Å²) in [4.78, 5) is 2.49. The maximum absolute atomic E-state index is 9.10. The second-order valence-electron chi connectivity index (χ2n) is 8.42. The van der Waals surface area contributed by atoms with E-state index in [1.54, 1.807) is 12.2 Å². The fourth-order valence-electron chi connectivity index (χ4n) is 4.17. The average Bonchev–Trinajstić information content (AvgIpc) is 2.94. The summed E-state index contributed by atoms with van der Waals surface area (Å²) in [5.74, 6) is 1.26. The summed E-state index contributed by atoms with van der Waals surface area (Å²) in [5.41, 5.74) is 4.63. The lowest BCUT2D eigenvalue weighted by atomic mass is 9.76. The molecule has 3 rings (SSSR count). The van der Waals surface area contributed by atoms with Crippen molar-refractivity contribution < 1.29 is 4.74 Å². The Morgan fingerprint density at radius 2 is 1.93 bits per heavy atom. The summed E-state index contributed by atoms with van der Waals surface area (Å²) in [5, 5.41) is 18.2. The molecule has 3 aliphatic heterocycles. The van der Waals surface area contributed by atoms with Crippen LogP contribution in [0.1, 0.15) is 40.5 Å². The van der Waals surface area contributed by atoms with Crippen LogP contribution in [0.15, 0.2) is 82.5 Å². The predicted octanol–water partition coefficient (Wildman–Crippen LogP) is 5.59. The van der Waals surface area contributed by atoms with E-state index in [1.165, 1.54) is 16.8 Å². The van der Waals surface area contributed by atoms with E-state index in [2.05, 4.69) is 38.3 Å². The van der Waals surface area contributed by atoms with Crippen LogP contribution in [0.3, 0.4) is 0 Å². The normalized spacial score (nSPS) is 23.5. The van der Waals surface area contributed by atoms with Crippen molar-refractivity contribution in [1.82, 2.24) is 4.90 Å². The van der Waals surface area contributed by atoms with Gasteiger partial charge in [-0.3, -0.25) is 0 Å². The molecule has 0 N–H and O–H groups in total. The van der Waals surface area contributed by atoms with Gasteiger partial charge >= 0.3 is 0 Å². The monoisotopic (exact) mass is 385 g/mol. The summed E-state index contributed by atoms with van der Waals surface area (Å²) in [6, 6.07) is 4.37. The van der Waals surface area contributed by atoms with Crippen LogP contribution in [-0.4, -0.2) is 17.5 Å². The van der Waals surface area contributed by atoms with E-state index in [4.69, 9.17) is 15.3 Å². The van der Waals surface area contributed by atoms with Gasteiger partial charge < -0.3 is 9.64 Å². The van der Waals surface area contributed by atoms with E-state index in [0.717, 1.165) is 19.4 Å². The fourth-order valence-corrected chi connectivity index (χ4v) is 4.17. The van der Waals surface area contributed by atoms with Gasteiger partial charge in [-0.2, -0.15) is 10.5 Å². The number of hydrogen-bond acceptors (Lipinski definition) is 4. The molecule has 0 spiro atoms. The molecule has 4 heteroatoms. The van der Waals surface area contributed by atoms with Crippen LogP contribution >= 0.6 is 0 Å². The van der Waals surface area contributed by atoms with Crippen molar-refractivity contribution in [3.05, 3.63) is 82.5 Å². The molecule has 0 aromatic heterocycles. The van der Waals surface area contributed by atoms with Crippen molar-refractivity contribution in [2.45, 2.75) is 46.6 Å². The lowest BCUT2D eigenvalue weighted by Crippen LogP contribution is -2.36. The van der Waals surface area contributed by atoms with Gasteiger partial charge in [0, 0.05) is 23.9 Å². The van der Waals surface area contributed by atoms with Crippen molar-refractivity contribution in [1.29, 1.82) is 10.5 Å². The summed E-state index contributed by atoms with van der Waals surface area (Å²) in [6.45, 7) is 14.0. The van der Waals surface area contributed by atoms with Crippen LogP contribution < -0.4 is 0 Å². The van der Waals surface area contributed by atoms with Crippen molar-refractivity contribution in [2.75, 3.05) is 6.54 Å². The average molecular weight is 386 g/mol. The van der Waals surface area contributed by atoms with Gasteiger partial charge in [-0.25, -0.2) is 0 Å². The van der Waals surface area contributed by atoms with Crippen molar-refractivity contribution in [3.8, 4) is 12.1 Å². The van der Waals surface area contributed by atoms with Crippen LogP contribution in [0.2, 0.25) is 0 Å². The third-order valence-corrected chi connectivity index (χ3v) is 5.74. The molecule has 0 aliphatic carbocycles. The highest BCUT2D eigenvalue weighted by atomic mass is 16.5. The van der Waals surface area contributed by atoms with E-state index in [1.807, 2.05) is 37.3 Å². The van der Waals surface area contributed by atoms with Gasteiger partial charge in [-0.1, -0.05) is 38.7 Å². The van der Waals surface area contributed by atoms with E-state index >= 15 is 0 Å². The molecular formula is C25H27N3O. The van der Waals surface area contributed by atoms with E-state index < -0.39 is 0 Å². The molecule has 148 valence electrons. The first-order chi connectivity index (χ1) is 13.8. The van der Waals surface area contributed by atoms with Gasteiger partial charge in [0.1, 0.15) is 29.2 Å². The third-order valence-electron chi connectivity index (χ3n) is 5.74. The quantitative estimate of drug-likeness (QED) is 0.469. The lowest BCUT2D eigenvalue weighted by Gasteiger charge is -2.40. The topological polar surface area (TPSA) is 60.0 Å². The maximum Gasteiger partial charge on any atom is 0.137 e. The Kier molecular flexibility index (Phi) is 5.66. The van der Waals surface area contributed by atoms with E-state index in [-0.39, 0.29) is 11.0 Å². The summed E-state index contributed by atoms with van der Waals surface area (Å²) in [7, 11) is 0. The smallest absolute Gasteiger partial charge is 0.137 e. The first kappa shape index (κ1) is 20.5. The molecule has 0 amide bonds. The lowest BCUT2D eigenvalue weighted by molar-refractivity contribution is 0.230. The van der Waals surface area contributed by atoms with Gasteiger partial charge in [0.25, 0.3) is 0 Å². The number of fused-ring (bicyclic) bond motifs is 1. The van der Waals surface area contributed by atoms with Crippen molar-refractivity contribution in [2.24, 2.45) is 5.41 Å². The molecule has 0 bridgehead atoms. The molecule has 4 nitrogen and oxygen atoms in total. The minimum absolute atomic E-state index is 0.0824. The molecule has 0 radical (unpaired) electrons. The molecule has 0 aromatic rings. The molecule has 1 unspecified atom stereocenters. The number of nitriles is 2. The summed E-state index contributed by atoms with van der Waals surface area (Å²) in [6.07, 6.45) is 13.6. The minimum Gasteiger partial charge on any atom is -0.462 e. The SMILES string of the molecule is C=C1CC(C)N2CCC(C)(C)C(/C=C/C=C/C3=CC(=C(C#N)C#N)C=C(C)O3)=C12. The van der Waals surface area contributed by atoms with Gasteiger partial charge in [0.15, 0.2) is 0 Å². The molecule has 29 heavy (non-hydrogen) atoms. The zero-order valence-electron chi connectivity index (χ0n) is 17.6. The Labute approximate surface area is 173 Å². The third kappa shape index (κ3) is 4.13. The highest BCUT2D eigenvalue weighted by Gasteiger charge is 2.38. The molecule has 0 aromatic carbocycles. The largest absolute Gasteiger partial charge is 0.462 e. The number of nitrogens with zero attached hydrogens (tertiary/aromatic N) is 3. The Morgan fingerprint density at radius 1 is 1.24 bits per heavy atom. The van der Waals surface area contributed by atoms with Crippen LogP contribution in [0.4, 0.5) is 0 Å². The second kappa shape index (κ2) is 8.02. The first-order valence-electron chi connectivity index (χ1n) is 9.93. The van der Waals surface area contributed by atoms with Gasteiger partial charge in [0.2, 0.25) is 0 Å². The number of ether oxygens (including phenoxy) is 1. The van der Waals surface area contributed by atoms with Crippen LogP contribution in [0.25, 0.3) is 0 Å². The molecule has 3 aliphatic rings. The van der Waals surface area contributed by atoms with Gasteiger partial charge in [0.05, 0.1) is 0 Å². The molecule has 1 fully saturated rings. The number of rotatable bonds is 3. The standard InChI is InChI=1S/C25H27N3O/c1-17-12-18(2)28-11-10-25(4,5)23(24(17)28)9-7-6-8-22-14-20(13-19(3)29-22)21(15-26)16-27/h6-9,13-14,18H,1,10-12H2,2-5H3/b8-6+,9-7+. The Balaban J connectivity index is 1.86. The Hall–Kier alpha value is -3.24. The zero-order valence-corrected chi connectivity index (χ0v) is 17.6. The molecule has 1 atom stereocenters. The fraction of sp³-hybridized carbons (Fsp3) is 0.360. The molecule has 0 saturated carbocycles. The molecule has 1 saturated heterocycles. The van der Waals surface area contributed by atoms with Crippen LogP contribution in [0, 0.1) is 28.1 Å². The van der Waals surface area contributed by atoms with Crippen molar-refractivity contribution >= 4 is 0 Å². The Bertz CT molecular complexity index is 984.